The highest BCUT2D eigenvalue weighted by Gasteiger charge is 2.35. The summed E-state index contributed by atoms with van der Waals surface area (Å²) in [5.74, 6) is 0.525. The average Bonchev–Trinajstić information content (AvgIpc) is 3.48. The van der Waals surface area contributed by atoms with E-state index < -0.39 is 10.0 Å². The first-order valence-electron chi connectivity index (χ1n) is 9.80. The van der Waals surface area contributed by atoms with Crippen molar-refractivity contribution in [1.29, 1.82) is 0 Å². The Bertz CT molecular complexity index is 1070. The van der Waals surface area contributed by atoms with E-state index in [1.165, 1.54) is 5.56 Å². The molecule has 7 heteroatoms. The van der Waals surface area contributed by atoms with Gasteiger partial charge in [-0.3, -0.25) is 4.98 Å². The molecular formula is C21H26N4O2S. The van der Waals surface area contributed by atoms with Gasteiger partial charge >= 0.3 is 0 Å². The van der Waals surface area contributed by atoms with E-state index in [9.17, 15) is 8.42 Å². The summed E-state index contributed by atoms with van der Waals surface area (Å²) in [5.41, 5.74) is 4.30. The number of pyridine rings is 2. The number of rotatable bonds is 8. The standard InChI is InChI=1S/C21H26N4O2S/c1-15(2)11-18-14-25(10-9-24-28(26,27)19-3-4-19)21-20(18)12-17(13-23-21)16-5-7-22-8-6-16/h5-8,12-15,19,24H,3-4,9-11H2,1-2H3. The van der Waals surface area contributed by atoms with Gasteiger partial charge in [-0.05, 0) is 54.5 Å². The van der Waals surface area contributed by atoms with Gasteiger partial charge in [0.25, 0.3) is 0 Å². The number of nitrogens with one attached hydrogen (secondary N) is 1. The van der Waals surface area contributed by atoms with Gasteiger partial charge in [-0.2, -0.15) is 0 Å². The zero-order valence-electron chi connectivity index (χ0n) is 16.3. The van der Waals surface area contributed by atoms with Crippen molar-refractivity contribution in [1.82, 2.24) is 19.3 Å². The van der Waals surface area contributed by atoms with Gasteiger partial charge in [-0.25, -0.2) is 18.1 Å². The third-order valence-electron chi connectivity index (χ3n) is 5.06. The lowest BCUT2D eigenvalue weighted by Crippen LogP contribution is -2.30. The summed E-state index contributed by atoms with van der Waals surface area (Å²) in [6, 6.07) is 6.14. The molecule has 1 aliphatic rings. The first-order valence-corrected chi connectivity index (χ1v) is 11.4. The molecule has 4 rings (SSSR count). The highest BCUT2D eigenvalue weighted by atomic mass is 32.2. The minimum Gasteiger partial charge on any atom is -0.331 e. The molecule has 0 spiro atoms. The Hall–Kier alpha value is -2.25. The summed E-state index contributed by atoms with van der Waals surface area (Å²) < 4.78 is 28.9. The lowest BCUT2D eigenvalue weighted by molar-refractivity contribution is 0.572. The van der Waals surface area contributed by atoms with Crippen molar-refractivity contribution < 1.29 is 8.42 Å². The Morgan fingerprint density at radius 2 is 1.96 bits per heavy atom. The van der Waals surface area contributed by atoms with E-state index in [2.05, 4.69) is 40.4 Å². The Kier molecular flexibility index (Phi) is 5.21. The van der Waals surface area contributed by atoms with Crippen LogP contribution in [0.1, 0.15) is 32.3 Å². The fraction of sp³-hybridized carbons (Fsp3) is 0.429. The monoisotopic (exact) mass is 398 g/mol. The maximum Gasteiger partial charge on any atom is 0.214 e. The number of nitrogens with zero attached hydrogens (tertiary/aromatic N) is 3. The van der Waals surface area contributed by atoms with E-state index in [1.54, 1.807) is 12.4 Å². The van der Waals surface area contributed by atoms with Crippen molar-refractivity contribution in [3.63, 3.8) is 0 Å². The van der Waals surface area contributed by atoms with Crippen molar-refractivity contribution in [3.8, 4) is 11.1 Å². The third-order valence-corrected chi connectivity index (χ3v) is 7.01. The van der Waals surface area contributed by atoms with Gasteiger partial charge < -0.3 is 4.57 Å². The molecule has 0 radical (unpaired) electrons. The van der Waals surface area contributed by atoms with Crippen molar-refractivity contribution in [2.24, 2.45) is 5.92 Å². The number of sulfonamides is 1. The minimum atomic E-state index is -3.16. The van der Waals surface area contributed by atoms with Crippen LogP contribution in [0.4, 0.5) is 0 Å². The Labute approximate surface area is 166 Å². The summed E-state index contributed by atoms with van der Waals surface area (Å²) in [6.07, 6.45) is 10.1. The molecule has 1 aliphatic carbocycles. The first-order chi connectivity index (χ1) is 13.4. The van der Waals surface area contributed by atoms with Crippen LogP contribution in [0.2, 0.25) is 0 Å². The molecule has 0 amide bonds. The molecule has 0 unspecified atom stereocenters. The van der Waals surface area contributed by atoms with Gasteiger partial charge in [0.15, 0.2) is 0 Å². The minimum absolute atomic E-state index is 0.188. The molecule has 1 fully saturated rings. The summed E-state index contributed by atoms with van der Waals surface area (Å²) in [5, 5.41) is 0.944. The fourth-order valence-corrected chi connectivity index (χ4v) is 4.89. The number of fused-ring (bicyclic) bond motifs is 1. The summed E-state index contributed by atoms with van der Waals surface area (Å²) in [4.78, 5) is 8.80. The van der Waals surface area contributed by atoms with E-state index in [-0.39, 0.29) is 5.25 Å². The molecular weight excluding hydrogens is 372 g/mol. The lowest BCUT2D eigenvalue weighted by atomic mass is 10.0. The molecule has 0 atom stereocenters. The summed E-state index contributed by atoms with van der Waals surface area (Å²) in [7, 11) is -3.16. The zero-order valence-corrected chi connectivity index (χ0v) is 17.1. The van der Waals surface area contributed by atoms with Crippen LogP contribution in [0.25, 0.3) is 22.2 Å². The fourth-order valence-electron chi connectivity index (χ4n) is 3.52. The first kappa shape index (κ1) is 19.1. The second kappa shape index (κ2) is 7.64. The maximum atomic E-state index is 12.1. The van der Waals surface area contributed by atoms with Crippen molar-refractivity contribution in [2.75, 3.05) is 6.54 Å². The normalized spacial score (nSPS) is 14.8. The number of hydrogen-bond acceptors (Lipinski definition) is 4. The van der Waals surface area contributed by atoms with Crippen molar-refractivity contribution >= 4 is 21.1 Å². The Balaban J connectivity index is 1.63. The molecule has 0 aromatic carbocycles. The lowest BCUT2D eigenvalue weighted by Gasteiger charge is -2.08. The predicted octanol–water partition coefficient (Wildman–Crippen LogP) is 3.38. The SMILES string of the molecule is CC(C)Cc1cn(CCNS(=O)(=O)C2CC2)c2ncc(-c3ccncc3)cc12. The van der Waals surface area contributed by atoms with Gasteiger partial charge in [-0.15, -0.1) is 0 Å². The van der Waals surface area contributed by atoms with Gasteiger partial charge in [0.1, 0.15) is 5.65 Å². The molecule has 3 heterocycles. The largest absolute Gasteiger partial charge is 0.331 e. The number of hydrogen-bond donors (Lipinski definition) is 1. The molecule has 6 nitrogen and oxygen atoms in total. The highest BCUT2D eigenvalue weighted by molar-refractivity contribution is 7.90. The Morgan fingerprint density at radius 3 is 2.64 bits per heavy atom. The van der Waals surface area contributed by atoms with Gasteiger partial charge in [0.05, 0.1) is 5.25 Å². The molecule has 0 saturated heterocycles. The van der Waals surface area contributed by atoms with E-state index in [0.717, 1.165) is 41.4 Å². The second-order valence-electron chi connectivity index (χ2n) is 7.92. The molecule has 148 valence electrons. The third kappa shape index (κ3) is 4.10. The van der Waals surface area contributed by atoms with Crippen molar-refractivity contribution in [3.05, 3.63) is 48.5 Å². The summed E-state index contributed by atoms with van der Waals surface area (Å²) in [6.45, 7) is 5.36. The molecule has 0 bridgehead atoms. The molecule has 3 aromatic heterocycles. The van der Waals surface area contributed by atoms with E-state index in [1.807, 2.05) is 18.3 Å². The van der Waals surface area contributed by atoms with Crippen LogP contribution < -0.4 is 4.72 Å². The van der Waals surface area contributed by atoms with Crippen LogP contribution in [-0.2, 0) is 23.0 Å². The van der Waals surface area contributed by atoms with Crippen LogP contribution in [0.15, 0.2) is 43.0 Å². The molecule has 1 saturated carbocycles. The number of aromatic nitrogens is 3. The van der Waals surface area contributed by atoms with Gasteiger partial charge in [0, 0.05) is 48.8 Å². The Morgan fingerprint density at radius 1 is 1.21 bits per heavy atom. The van der Waals surface area contributed by atoms with Crippen LogP contribution in [0, 0.1) is 5.92 Å². The highest BCUT2D eigenvalue weighted by Crippen LogP contribution is 2.28. The molecule has 1 N–H and O–H groups in total. The molecule has 28 heavy (non-hydrogen) atoms. The van der Waals surface area contributed by atoms with Crippen LogP contribution >= 0.6 is 0 Å². The molecule has 0 aliphatic heterocycles. The van der Waals surface area contributed by atoms with Gasteiger partial charge in [-0.1, -0.05) is 13.8 Å². The van der Waals surface area contributed by atoms with Gasteiger partial charge in [0.2, 0.25) is 10.0 Å². The van der Waals surface area contributed by atoms with Crippen LogP contribution in [0.5, 0.6) is 0 Å². The predicted molar refractivity (Wildman–Crippen MR) is 111 cm³/mol. The molecule has 3 aromatic rings. The zero-order chi connectivity index (χ0) is 19.7. The topological polar surface area (TPSA) is 76.9 Å². The smallest absolute Gasteiger partial charge is 0.214 e. The van der Waals surface area contributed by atoms with Crippen molar-refractivity contribution in [2.45, 2.75) is 44.9 Å². The van der Waals surface area contributed by atoms with E-state index in [4.69, 9.17) is 4.98 Å². The van der Waals surface area contributed by atoms with E-state index in [0.29, 0.717) is 19.0 Å². The maximum absolute atomic E-state index is 12.1. The quantitative estimate of drug-likeness (QED) is 0.631. The van der Waals surface area contributed by atoms with E-state index >= 15 is 0 Å². The average molecular weight is 399 g/mol. The van der Waals surface area contributed by atoms with Crippen LogP contribution in [0.3, 0.4) is 0 Å². The second-order valence-corrected chi connectivity index (χ2v) is 9.96. The summed E-state index contributed by atoms with van der Waals surface area (Å²) >= 11 is 0. The van der Waals surface area contributed by atoms with Crippen LogP contribution in [-0.4, -0.2) is 34.7 Å².